The molecule has 1 amide bonds. The highest BCUT2D eigenvalue weighted by molar-refractivity contribution is 7.99. The minimum atomic E-state index is -0.0700. The molecular formula is C14H20N2O2S. The molecule has 1 fully saturated rings. The second-order valence-corrected chi connectivity index (χ2v) is 5.73. The standard InChI is InChI=1S/C14H20N2O2S/c1-10(11-3-5-12(18-2)6-4-11)16-14(17)13-9-19-8-7-15-13/h3-6,10,13,15H,7-9H2,1-2H3,(H,16,17)/t10-,13?/m1/s1. The largest absolute Gasteiger partial charge is 0.497 e. The summed E-state index contributed by atoms with van der Waals surface area (Å²) in [5, 5.41) is 6.29. The predicted molar refractivity (Wildman–Crippen MR) is 78.7 cm³/mol. The average molecular weight is 280 g/mol. The fourth-order valence-corrected chi connectivity index (χ4v) is 2.96. The van der Waals surface area contributed by atoms with Crippen LogP contribution in [0.3, 0.4) is 0 Å². The number of hydrogen-bond acceptors (Lipinski definition) is 4. The lowest BCUT2D eigenvalue weighted by molar-refractivity contribution is -0.123. The Hall–Kier alpha value is -1.20. The maximum Gasteiger partial charge on any atom is 0.238 e. The van der Waals surface area contributed by atoms with Crippen LogP contribution in [0.5, 0.6) is 5.75 Å². The van der Waals surface area contributed by atoms with Crippen molar-refractivity contribution in [1.82, 2.24) is 10.6 Å². The van der Waals surface area contributed by atoms with Gasteiger partial charge in [0.25, 0.3) is 0 Å². The second-order valence-electron chi connectivity index (χ2n) is 4.59. The van der Waals surface area contributed by atoms with Crippen molar-refractivity contribution in [3.63, 3.8) is 0 Å². The van der Waals surface area contributed by atoms with Crippen LogP contribution in [0.2, 0.25) is 0 Å². The predicted octanol–water partition coefficient (Wildman–Crippen LogP) is 1.58. The van der Waals surface area contributed by atoms with E-state index in [9.17, 15) is 4.79 Å². The maximum atomic E-state index is 12.1. The first kappa shape index (κ1) is 14.2. The molecule has 104 valence electrons. The smallest absolute Gasteiger partial charge is 0.238 e. The molecule has 0 aromatic heterocycles. The van der Waals surface area contributed by atoms with Gasteiger partial charge in [-0.3, -0.25) is 4.79 Å². The average Bonchev–Trinajstić information content (AvgIpc) is 2.48. The lowest BCUT2D eigenvalue weighted by Gasteiger charge is -2.24. The minimum absolute atomic E-state index is 0.00660. The summed E-state index contributed by atoms with van der Waals surface area (Å²) in [7, 11) is 1.65. The summed E-state index contributed by atoms with van der Waals surface area (Å²) in [6.45, 7) is 2.90. The van der Waals surface area contributed by atoms with Crippen molar-refractivity contribution in [3.05, 3.63) is 29.8 Å². The number of thioether (sulfide) groups is 1. The van der Waals surface area contributed by atoms with Gasteiger partial charge in [-0.1, -0.05) is 12.1 Å². The van der Waals surface area contributed by atoms with Crippen LogP contribution >= 0.6 is 11.8 Å². The summed E-state index contributed by atoms with van der Waals surface area (Å²) < 4.78 is 5.13. The molecule has 1 aliphatic heterocycles. The zero-order chi connectivity index (χ0) is 13.7. The first-order chi connectivity index (χ1) is 9.20. The van der Waals surface area contributed by atoms with Crippen LogP contribution in [0.25, 0.3) is 0 Å². The summed E-state index contributed by atoms with van der Waals surface area (Å²) >= 11 is 1.82. The molecule has 0 spiro atoms. The Bertz CT molecular complexity index is 416. The van der Waals surface area contributed by atoms with Gasteiger partial charge in [0.2, 0.25) is 5.91 Å². The molecule has 2 atom stereocenters. The molecule has 2 rings (SSSR count). The van der Waals surface area contributed by atoms with Gasteiger partial charge in [-0.25, -0.2) is 0 Å². The van der Waals surface area contributed by atoms with Crippen LogP contribution < -0.4 is 15.4 Å². The van der Waals surface area contributed by atoms with Crippen molar-refractivity contribution in [2.24, 2.45) is 0 Å². The lowest BCUT2D eigenvalue weighted by Crippen LogP contribution is -2.49. The molecule has 4 nitrogen and oxygen atoms in total. The van der Waals surface area contributed by atoms with Crippen molar-refractivity contribution in [3.8, 4) is 5.75 Å². The molecular weight excluding hydrogens is 260 g/mol. The summed E-state index contributed by atoms with van der Waals surface area (Å²) in [6, 6.07) is 7.71. The van der Waals surface area contributed by atoms with Crippen molar-refractivity contribution in [1.29, 1.82) is 0 Å². The summed E-state index contributed by atoms with van der Waals surface area (Å²) in [4.78, 5) is 12.1. The van der Waals surface area contributed by atoms with Crippen molar-refractivity contribution < 1.29 is 9.53 Å². The normalized spacial score (nSPS) is 20.6. The Morgan fingerprint density at radius 2 is 2.21 bits per heavy atom. The van der Waals surface area contributed by atoms with E-state index in [1.807, 2.05) is 43.0 Å². The van der Waals surface area contributed by atoms with E-state index in [1.54, 1.807) is 7.11 Å². The first-order valence-electron chi connectivity index (χ1n) is 6.46. The first-order valence-corrected chi connectivity index (χ1v) is 7.61. The van der Waals surface area contributed by atoms with Crippen molar-refractivity contribution in [2.45, 2.75) is 19.0 Å². The van der Waals surface area contributed by atoms with E-state index in [0.717, 1.165) is 29.4 Å². The second kappa shape index (κ2) is 6.82. The monoisotopic (exact) mass is 280 g/mol. The van der Waals surface area contributed by atoms with E-state index in [2.05, 4.69) is 10.6 Å². The van der Waals surface area contributed by atoms with Crippen molar-refractivity contribution >= 4 is 17.7 Å². The Morgan fingerprint density at radius 1 is 1.47 bits per heavy atom. The van der Waals surface area contributed by atoms with Gasteiger partial charge >= 0.3 is 0 Å². The van der Waals surface area contributed by atoms with Crippen LogP contribution in [-0.2, 0) is 4.79 Å². The van der Waals surface area contributed by atoms with Crippen molar-refractivity contribution in [2.75, 3.05) is 25.2 Å². The van der Waals surface area contributed by atoms with Gasteiger partial charge < -0.3 is 15.4 Å². The quantitative estimate of drug-likeness (QED) is 0.879. The van der Waals surface area contributed by atoms with E-state index in [1.165, 1.54) is 0 Å². The number of carbonyl (C=O) groups is 1. The van der Waals surface area contributed by atoms with Crippen LogP contribution in [0, 0.1) is 0 Å². The van der Waals surface area contributed by atoms with Crippen LogP contribution in [0.4, 0.5) is 0 Å². The zero-order valence-electron chi connectivity index (χ0n) is 11.3. The summed E-state index contributed by atoms with van der Waals surface area (Å²) in [5.41, 5.74) is 1.08. The topological polar surface area (TPSA) is 50.4 Å². The molecule has 1 heterocycles. The van der Waals surface area contributed by atoms with Gasteiger partial charge in [0.1, 0.15) is 5.75 Å². The molecule has 0 bridgehead atoms. The molecule has 1 aromatic carbocycles. The van der Waals surface area contributed by atoms with Crippen LogP contribution in [-0.4, -0.2) is 37.1 Å². The van der Waals surface area contributed by atoms with Gasteiger partial charge in [0.05, 0.1) is 19.2 Å². The number of hydrogen-bond donors (Lipinski definition) is 2. The Morgan fingerprint density at radius 3 is 2.79 bits per heavy atom. The van der Waals surface area contributed by atoms with E-state index in [4.69, 9.17) is 4.74 Å². The van der Waals surface area contributed by atoms with Gasteiger partial charge in [-0.05, 0) is 24.6 Å². The molecule has 0 saturated carbocycles. The highest BCUT2D eigenvalue weighted by atomic mass is 32.2. The highest BCUT2D eigenvalue weighted by Crippen LogP contribution is 2.17. The van der Waals surface area contributed by atoms with Gasteiger partial charge in [0.15, 0.2) is 0 Å². The molecule has 1 aliphatic rings. The third-order valence-electron chi connectivity index (χ3n) is 3.21. The molecule has 0 aliphatic carbocycles. The fraction of sp³-hybridized carbons (Fsp3) is 0.500. The Labute approximate surface area is 118 Å². The van der Waals surface area contributed by atoms with E-state index >= 15 is 0 Å². The van der Waals surface area contributed by atoms with Crippen LogP contribution in [0.15, 0.2) is 24.3 Å². The highest BCUT2D eigenvalue weighted by Gasteiger charge is 2.22. The number of ether oxygens (including phenoxy) is 1. The maximum absolute atomic E-state index is 12.1. The molecule has 19 heavy (non-hydrogen) atoms. The fourth-order valence-electron chi connectivity index (χ4n) is 2.02. The third-order valence-corrected chi connectivity index (χ3v) is 4.27. The van der Waals surface area contributed by atoms with Gasteiger partial charge in [0, 0.05) is 18.1 Å². The van der Waals surface area contributed by atoms with E-state index in [0.29, 0.717) is 0 Å². The Kier molecular flexibility index (Phi) is 5.10. The van der Waals surface area contributed by atoms with E-state index in [-0.39, 0.29) is 18.0 Å². The van der Waals surface area contributed by atoms with Gasteiger partial charge in [-0.15, -0.1) is 0 Å². The lowest BCUT2D eigenvalue weighted by atomic mass is 10.1. The minimum Gasteiger partial charge on any atom is -0.497 e. The number of carbonyl (C=O) groups excluding carboxylic acids is 1. The summed E-state index contributed by atoms with van der Waals surface area (Å²) in [6.07, 6.45) is 0. The number of amides is 1. The number of benzene rings is 1. The number of nitrogens with one attached hydrogen (secondary N) is 2. The third kappa shape index (κ3) is 3.88. The number of rotatable bonds is 4. The molecule has 5 heteroatoms. The summed E-state index contributed by atoms with van der Waals surface area (Å²) in [5.74, 6) is 2.84. The SMILES string of the molecule is COc1ccc([C@@H](C)NC(=O)C2CSCCN2)cc1. The van der Waals surface area contributed by atoms with Crippen LogP contribution in [0.1, 0.15) is 18.5 Å². The molecule has 0 radical (unpaired) electrons. The molecule has 1 aromatic rings. The zero-order valence-corrected chi connectivity index (χ0v) is 12.1. The molecule has 2 N–H and O–H groups in total. The molecule has 1 unspecified atom stereocenters. The van der Waals surface area contributed by atoms with E-state index < -0.39 is 0 Å². The molecule has 1 saturated heterocycles. The Balaban J connectivity index is 1.91. The van der Waals surface area contributed by atoms with Gasteiger partial charge in [-0.2, -0.15) is 11.8 Å². The number of methoxy groups -OCH3 is 1.